The molecule has 0 saturated carbocycles. The van der Waals surface area contributed by atoms with Crippen LogP contribution in [0.15, 0.2) is 29.3 Å². The van der Waals surface area contributed by atoms with E-state index in [0.29, 0.717) is 6.61 Å². The van der Waals surface area contributed by atoms with Crippen LogP contribution in [0.2, 0.25) is 0 Å². The number of hydrogen-bond donors (Lipinski definition) is 0. The first kappa shape index (κ1) is 13.3. The van der Waals surface area contributed by atoms with Crippen LogP contribution in [0, 0.1) is 0 Å². The van der Waals surface area contributed by atoms with Crippen molar-refractivity contribution in [3.8, 4) is 5.75 Å². The molecule has 1 rings (SSSR count). The van der Waals surface area contributed by atoms with E-state index in [1.807, 2.05) is 31.2 Å². The van der Waals surface area contributed by atoms with Gasteiger partial charge < -0.3 is 0 Å². The number of aliphatic imine (C=N–C) groups is 1. The van der Waals surface area contributed by atoms with Gasteiger partial charge in [0.1, 0.15) is 0 Å². The van der Waals surface area contributed by atoms with Crippen LogP contribution in [0.1, 0.15) is 33.1 Å². The van der Waals surface area contributed by atoms with Crippen molar-refractivity contribution in [2.24, 2.45) is 4.99 Å². The first-order valence-corrected chi connectivity index (χ1v) is 6.59. The van der Waals surface area contributed by atoms with Crippen LogP contribution in [0.4, 0.5) is 5.69 Å². The summed E-state index contributed by atoms with van der Waals surface area (Å²) in [6.45, 7) is 4.87. The average molecular weight is 283 g/mol. The molecule has 0 spiro atoms. The minimum atomic E-state index is 0.700. The van der Waals surface area contributed by atoms with Crippen LogP contribution in [0.25, 0.3) is 0 Å². The number of rotatable bonds is 6. The van der Waals surface area contributed by atoms with E-state index < -0.39 is 0 Å². The molecule has 0 unspecified atom stereocenters. The third-order valence-corrected chi connectivity index (χ3v) is 2.77. The molecule has 1 aromatic rings. The molecule has 0 atom stereocenters. The molecule has 0 aliphatic carbocycles. The third kappa shape index (κ3) is 4.82. The van der Waals surface area contributed by atoms with Gasteiger partial charge in [0.05, 0.1) is 0 Å². The predicted molar refractivity (Wildman–Crippen MR) is 70.0 cm³/mol. The van der Waals surface area contributed by atoms with Gasteiger partial charge in [-0.15, -0.1) is 0 Å². The Labute approximate surface area is 106 Å². The van der Waals surface area contributed by atoms with Crippen LogP contribution < -0.4 is 4.74 Å². The zero-order valence-electron chi connectivity index (χ0n) is 9.90. The second-order valence-electron chi connectivity index (χ2n) is 3.54. The summed E-state index contributed by atoms with van der Waals surface area (Å²) in [5.41, 5.74) is 0.980. The topological polar surface area (TPSA) is 21.6 Å². The molecule has 0 amide bonds. The van der Waals surface area contributed by atoms with E-state index in [1.54, 1.807) is 0 Å². The molecule has 0 aromatic heterocycles. The summed E-state index contributed by atoms with van der Waals surface area (Å²) >= 11 is 3.02. The molecule has 2 nitrogen and oxygen atoms in total. The maximum atomic E-state index is 5.37. The molecule has 0 fully saturated rings. The quantitative estimate of drug-likeness (QED) is 0.578. The number of nitrogens with zero attached hydrogens (tertiary/aromatic N) is 1. The zero-order chi connectivity index (χ0) is 11.8. The molecule has 87 valence electrons. The summed E-state index contributed by atoms with van der Waals surface area (Å²) in [6, 6.07) is 7.87. The SMILES string of the molecule is CCCCC([Se])=Nc1ccc(OCC)cc1. The standard InChI is InChI=1S/C13H18NOSe/c1-3-5-6-13(16)14-11-7-9-12(10-8-11)15-4-2/h7-10H,3-6H2,1-2H3. The fraction of sp³-hybridized carbons (Fsp3) is 0.462. The number of hydrogen-bond acceptors (Lipinski definition) is 2. The van der Waals surface area contributed by atoms with E-state index in [0.717, 1.165) is 22.5 Å². The summed E-state index contributed by atoms with van der Waals surface area (Å²) < 4.78 is 6.45. The Morgan fingerprint density at radius 3 is 2.50 bits per heavy atom. The molecule has 1 radical (unpaired) electrons. The van der Waals surface area contributed by atoms with Crippen molar-refractivity contribution in [1.82, 2.24) is 0 Å². The van der Waals surface area contributed by atoms with E-state index >= 15 is 0 Å². The van der Waals surface area contributed by atoms with E-state index in [4.69, 9.17) is 4.74 Å². The van der Waals surface area contributed by atoms with Crippen LogP contribution in [0.5, 0.6) is 5.75 Å². The molecule has 0 bridgehead atoms. The van der Waals surface area contributed by atoms with Crippen molar-refractivity contribution in [3.05, 3.63) is 24.3 Å². The average Bonchev–Trinajstić information content (AvgIpc) is 2.29. The normalized spacial score (nSPS) is 11.5. The molecule has 0 N–H and O–H groups in total. The number of benzene rings is 1. The molecular formula is C13H18NOSe. The predicted octanol–water partition coefficient (Wildman–Crippen LogP) is 3.47. The molecule has 0 aliphatic rings. The van der Waals surface area contributed by atoms with Crippen molar-refractivity contribution in [2.45, 2.75) is 33.1 Å². The third-order valence-electron chi connectivity index (χ3n) is 2.15. The molecule has 0 aliphatic heterocycles. The summed E-state index contributed by atoms with van der Waals surface area (Å²) in [7, 11) is 0. The van der Waals surface area contributed by atoms with Gasteiger partial charge in [0.25, 0.3) is 0 Å². The van der Waals surface area contributed by atoms with Crippen molar-refractivity contribution >= 4 is 26.3 Å². The molecule has 16 heavy (non-hydrogen) atoms. The molecular weight excluding hydrogens is 265 g/mol. The second-order valence-corrected chi connectivity index (χ2v) is 4.52. The van der Waals surface area contributed by atoms with E-state index in [-0.39, 0.29) is 0 Å². The molecule has 0 heterocycles. The Morgan fingerprint density at radius 1 is 1.25 bits per heavy atom. The van der Waals surface area contributed by atoms with Crippen molar-refractivity contribution < 1.29 is 4.74 Å². The summed E-state index contributed by atoms with van der Waals surface area (Å²) in [4.78, 5) is 4.50. The van der Waals surface area contributed by atoms with Crippen LogP contribution >= 0.6 is 0 Å². The van der Waals surface area contributed by atoms with Gasteiger partial charge in [-0.1, -0.05) is 0 Å². The first-order valence-electron chi connectivity index (χ1n) is 5.73. The molecule has 1 aromatic carbocycles. The van der Waals surface area contributed by atoms with Gasteiger partial charge >= 0.3 is 106 Å². The van der Waals surface area contributed by atoms with E-state index in [1.165, 1.54) is 12.8 Å². The number of unbranched alkanes of at least 4 members (excludes halogenated alkanes) is 1. The fourth-order valence-corrected chi connectivity index (χ4v) is 1.84. The zero-order valence-corrected chi connectivity index (χ0v) is 11.6. The van der Waals surface area contributed by atoms with E-state index in [2.05, 4.69) is 27.9 Å². The first-order chi connectivity index (χ1) is 7.76. The van der Waals surface area contributed by atoms with Gasteiger partial charge in [-0.2, -0.15) is 0 Å². The summed E-state index contributed by atoms with van der Waals surface area (Å²) in [5, 5.41) is 0. The van der Waals surface area contributed by atoms with Gasteiger partial charge in [0, 0.05) is 0 Å². The Balaban J connectivity index is 2.59. The Bertz CT molecular complexity index is 332. The van der Waals surface area contributed by atoms with Crippen molar-refractivity contribution in [3.63, 3.8) is 0 Å². The van der Waals surface area contributed by atoms with E-state index in [9.17, 15) is 0 Å². The summed E-state index contributed by atoms with van der Waals surface area (Å²) in [6.07, 6.45) is 3.41. The fourth-order valence-electron chi connectivity index (χ4n) is 1.31. The Kier molecular flexibility index (Phi) is 6.20. The number of ether oxygens (including phenoxy) is 1. The van der Waals surface area contributed by atoms with Crippen molar-refractivity contribution in [2.75, 3.05) is 6.61 Å². The van der Waals surface area contributed by atoms with Gasteiger partial charge in [0.2, 0.25) is 0 Å². The van der Waals surface area contributed by atoms with Gasteiger partial charge in [-0.3, -0.25) is 0 Å². The maximum absolute atomic E-state index is 5.37. The van der Waals surface area contributed by atoms with Crippen molar-refractivity contribution in [1.29, 1.82) is 0 Å². The van der Waals surface area contributed by atoms with Gasteiger partial charge in [-0.05, 0) is 0 Å². The van der Waals surface area contributed by atoms with Gasteiger partial charge in [-0.25, -0.2) is 0 Å². The van der Waals surface area contributed by atoms with Crippen LogP contribution in [0.3, 0.4) is 0 Å². The van der Waals surface area contributed by atoms with Gasteiger partial charge in [0.15, 0.2) is 0 Å². The Morgan fingerprint density at radius 2 is 1.94 bits per heavy atom. The Hall–Kier alpha value is -0.791. The molecule has 0 saturated heterocycles. The minimum absolute atomic E-state index is 0.700. The molecule has 3 heteroatoms. The van der Waals surface area contributed by atoms with Crippen LogP contribution in [-0.2, 0) is 0 Å². The monoisotopic (exact) mass is 284 g/mol. The van der Waals surface area contributed by atoms with Crippen LogP contribution in [-0.4, -0.2) is 27.2 Å². The second kappa shape index (κ2) is 7.48. The summed E-state index contributed by atoms with van der Waals surface area (Å²) in [5.74, 6) is 0.900.